The minimum atomic E-state index is -1.95. The average molecular weight is 149 g/mol. The summed E-state index contributed by atoms with van der Waals surface area (Å²) in [5, 5.41) is 0. The zero-order chi connectivity index (χ0) is 7.33. The van der Waals surface area contributed by atoms with Gasteiger partial charge in [-0.15, -0.1) is 0 Å². The molecule has 0 bridgehead atoms. The lowest BCUT2D eigenvalue weighted by atomic mass is 10.3. The van der Waals surface area contributed by atoms with E-state index in [4.69, 9.17) is 0 Å². The predicted molar refractivity (Wildman–Crippen MR) is 44.1 cm³/mol. The number of nitrogens with one attached hydrogen (secondary N) is 1. The van der Waals surface area contributed by atoms with Crippen molar-refractivity contribution in [3.8, 4) is 0 Å². The maximum Gasteiger partial charge on any atom is 0.0219 e. The Kier molecular flexibility index (Phi) is 3.89. The van der Waals surface area contributed by atoms with Crippen LogP contribution >= 0.6 is 0 Å². The van der Waals surface area contributed by atoms with Gasteiger partial charge in [-0.3, -0.25) is 4.21 Å². The summed E-state index contributed by atoms with van der Waals surface area (Å²) < 4.78 is 13.7. The first-order valence-corrected chi connectivity index (χ1v) is 5.26. The van der Waals surface area contributed by atoms with Gasteiger partial charge in [0.05, 0.1) is 0 Å². The van der Waals surface area contributed by atoms with Crippen LogP contribution < -0.4 is 4.72 Å². The highest BCUT2D eigenvalue weighted by Gasteiger charge is 1.89. The molecular formula is C6H15NOS. The van der Waals surface area contributed by atoms with Crippen molar-refractivity contribution < 1.29 is 4.21 Å². The van der Waals surface area contributed by atoms with E-state index in [1.807, 2.05) is 0 Å². The summed E-state index contributed by atoms with van der Waals surface area (Å²) in [6.45, 7) is 2.91. The molecule has 1 atom stereocenters. The van der Waals surface area contributed by atoms with Crippen LogP contribution in [-0.2, 0) is 9.71 Å². The molecule has 0 aromatic heterocycles. The molecule has 0 radical (unpaired) electrons. The second kappa shape index (κ2) is 3.90. The van der Waals surface area contributed by atoms with E-state index < -0.39 is 9.71 Å². The molecule has 0 aliphatic rings. The molecule has 9 heavy (non-hydrogen) atoms. The molecular weight excluding hydrogens is 134 g/mol. The SMILES string of the molecule is C=S(C)(=O)NCCCC. The van der Waals surface area contributed by atoms with E-state index in [0.29, 0.717) is 0 Å². The van der Waals surface area contributed by atoms with Crippen molar-refractivity contribution in [3.05, 3.63) is 0 Å². The molecule has 0 aromatic carbocycles. The van der Waals surface area contributed by atoms with E-state index in [9.17, 15) is 4.21 Å². The van der Waals surface area contributed by atoms with Crippen LogP contribution in [-0.4, -0.2) is 22.9 Å². The van der Waals surface area contributed by atoms with Gasteiger partial charge in [-0.05, 0) is 12.3 Å². The van der Waals surface area contributed by atoms with Crippen LogP contribution in [0.5, 0.6) is 0 Å². The highest BCUT2D eigenvalue weighted by molar-refractivity contribution is 7.97. The Morgan fingerprint density at radius 3 is 2.56 bits per heavy atom. The highest BCUT2D eigenvalue weighted by Crippen LogP contribution is 1.83. The molecule has 0 saturated carbocycles. The Balaban J connectivity index is 3.30. The lowest BCUT2D eigenvalue weighted by Gasteiger charge is -2.02. The lowest BCUT2D eigenvalue weighted by molar-refractivity contribution is 0.667. The molecule has 0 aliphatic carbocycles. The van der Waals surface area contributed by atoms with Gasteiger partial charge in [0.1, 0.15) is 0 Å². The van der Waals surface area contributed by atoms with Gasteiger partial charge in [0.25, 0.3) is 0 Å². The van der Waals surface area contributed by atoms with Crippen molar-refractivity contribution in [3.63, 3.8) is 0 Å². The van der Waals surface area contributed by atoms with Crippen molar-refractivity contribution in [1.82, 2.24) is 4.72 Å². The van der Waals surface area contributed by atoms with Crippen LogP contribution in [0.1, 0.15) is 19.8 Å². The topological polar surface area (TPSA) is 29.1 Å². The highest BCUT2D eigenvalue weighted by atomic mass is 32.2. The molecule has 0 saturated heterocycles. The standard InChI is InChI=1S/C6H15NOS/c1-4-5-6-7-9(2,3)8/h2,4-6H2,1,3H3,(H,7,8). The fourth-order valence-electron chi connectivity index (χ4n) is 0.465. The third kappa shape index (κ3) is 7.98. The van der Waals surface area contributed by atoms with Gasteiger partial charge in [-0.25, -0.2) is 4.72 Å². The first-order valence-electron chi connectivity index (χ1n) is 3.13. The van der Waals surface area contributed by atoms with E-state index in [0.717, 1.165) is 19.4 Å². The van der Waals surface area contributed by atoms with Crippen molar-refractivity contribution in [2.45, 2.75) is 19.8 Å². The van der Waals surface area contributed by atoms with Crippen molar-refractivity contribution in [1.29, 1.82) is 0 Å². The summed E-state index contributed by atoms with van der Waals surface area (Å²) in [6.07, 6.45) is 3.81. The molecule has 0 fully saturated rings. The van der Waals surface area contributed by atoms with Gasteiger partial charge in [0.2, 0.25) is 0 Å². The second-order valence-corrected chi connectivity index (χ2v) is 4.55. The number of rotatable bonds is 4. The first kappa shape index (κ1) is 8.98. The van der Waals surface area contributed by atoms with E-state index >= 15 is 0 Å². The molecule has 3 heteroatoms. The monoisotopic (exact) mass is 149 g/mol. The van der Waals surface area contributed by atoms with Gasteiger partial charge >= 0.3 is 0 Å². The number of hydrogen-bond acceptors (Lipinski definition) is 1. The molecule has 1 N–H and O–H groups in total. The summed E-state index contributed by atoms with van der Waals surface area (Å²) in [6, 6.07) is 0. The maximum absolute atomic E-state index is 10.8. The molecule has 0 aromatic rings. The van der Waals surface area contributed by atoms with Crippen LogP contribution in [0.25, 0.3) is 0 Å². The van der Waals surface area contributed by atoms with E-state index in [-0.39, 0.29) is 0 Å². The summed E-state index contributed by atoms with van der Waals surface area (Å²) in [5.41, 5.74) is 0. The maximum atomic E-state index is 10.8. The third-order valence-electron chi connectivity index (χ3n) is 0.938. The fourth-order valence-corrected chi connectivity index (χ4v) is 1.04. The molecule has 0 aliphatic heterocycles. The summed E-state index contributed by atoms with van der Waals surface area (Å²) >= 11 is 0. The van der Waals surface area contributed by atoms with Gasteiger partial charge in [0, 0.05) is 22.5 Å². The van der Waals surface area contributed by atoms with Crippen molar-refractivity contribution in [2.75, 3.05) is 12.8 Å². The van der Waals surface area contributed by atoms with E-state index in [1.54, 1.807) is 6.26 Å². The van der Waals surface area contributed by atoms with Crippen LogP contribution in [0.3, 0.4) is 0 Å². The van der Waals surface area contributed by atoms with Crippen LogP contribution in [0.2, 0.25) is 0 Å². The van der Waals surface area contributed by atoms with E-state index in [1.165, 1.54) is 0 Å². The molecule has 1 unspecified atom stereocenters. The van der Waals surface area contributed by atoms with Gasteiger partial charge < -0.3 is 0 Å². The van der Waals surface area contributed by atoms with Crippen LogP contribution in [0.4, 0.5) is 0 Å². The smallest absolute Gasteiger partial charge is 0.0219 e. The largest absolute Gasteiger partial charge is 0.253 e. The Bertz CT molecular complexity index is 148. The van der Waals surface area contributed by atoms with Gasteiger partial charge in [-0.2, -0.15) is 0 Å². The number of hydrogen-bond donors (Lipinski definition) is 1. The van der Waals surface area contributed by atoms with Gasteiger partial charge in [0.15, 0.2) is 0 Å². The van der Waals surface area contributed by atoms with Gasteiger partial charge in [-0.1, -0.05) is 13.3 Å². The van der Waals surface area contributed by atoms with E-state index in [2.05, 4.69) is 17.5 Å². The lowest BCUT2D eigenvalue weighted by Crippen LogP contribution is -2.22. The van der Waals surface area contributed by atoms with Crippen molar-refractivity contribution in [2.24, 2.45) is 0 Å². The molecule has 2 nitrogen and oxygen atoms in total. The quantitative estimate of drug-likeness (QED) is 0.461. The summed E-state index contributed by atoms with van der Waals surface area (Å²) in [5.74, 6) is 3.46. The average Bonchev–Trinajstić information content (AvgIpc) is 1.63. The minimum absolute atomic E-state index is 0.815. The van der Waals surface area contributed by atoms with Crippen LogP contribution in [0.15, 0.2) is 0 Å². The number of unbranched alkanes of at least 4 members (excludes halogenated alkanes) is 1. The predicted octanol–water partition coefficient (Wildman–Crippen LogP) is 0.637. The fraction of sp³-hybridized carbons (Fsp3) is 0.833. The Labute approximate surface area is 57.8 Å². The minimum Gasteiger partial charge on any atom is -0.253 e. The Hall–Kier alpha value is -0.0200. The molecule has 0 heterocycles. The van der Waals surface area contributed by atoms with Crippen LogP contribution in [0, 0.1) is 0 Å². The molecule has 0 spiro atoms. The molecule has 56 valence electrons. The molecule has 0 rings (SSSR count). The Morgan fingerprint density at radius 2 is 2.22 bits per heavy atom. The van der Waals surface area contributed by atoms with Crippen molar-refractivity contribution >= 4 is 15.6 Å². The second-order valence-electron chi connectivity index (χ2n) is 2.25. The first-order chi connectivity index (χ1) is 4.06. The Morgan fingerprint density at radius 1 is 1.67 bits per heavy atom. The normalized spacial score (nSPS) is 17.1. The zero-order valence-corrected chi connectivity index (χ0v) is 6.96. The molecule has 0 amide bonds. The zero-order valence-electron chi connectivity index (χ0n) is 6.14. The summed E-state index contributed by atoms with van der Waals surface area (Å²) in [7, 11) is -1.95. The summed E-state index contributed by atoms with van der Waals surface area (Å²) in [4.78, 5) is 0. The third-order valence-corrected chi connectivity index (χ3v) is 1.75.